The summed E-state index contributed by atoms with van der Waals surface area (Å²) in [6, 6.07) is 3.33. The highest BCUT2D eigenvalue weighted by molar-refractivity contribution is 5.95. The molecular weight excluding hydrogens is 284 g/mol. The molecule has 0 spiro atoms. The normalized spacial score (nSPS) is 14.7. The molecule has 2 rings (SSSR count). The summed E-state index contributed by atoms with van der Waals surface area (Å²) in [5.41, 5.74) is 0.505. The average molecular weight is 309 g/mol. The van der Waals surface area contributed by atoms with E-state index in [4.69, 9.17) is 14.2 Å². The molecule has 1 aliphatic heterocycles. The average Bonchev–Trinajstić information content (AvgIpc) is 3.06. The van der Waals surface area contributed by atoms with E-state index in [0.717, 1.165) is 6.54 Å². The largest absolute Gasteiger partial charge is 0.493 e. The van der Waals surface area contributed by atoms with Crippen molar-refractivity contribution in [2.24, 2.45) is 0 Å². The fourth-order valence-electron chi connectivity index (χ4n) is 2.79. The molecule has 122 valence electrons. The third-order valence-corrected chi connectivity index (χ3v) is 4.00. The third-order valence-electron chi connectivity index (χ3n) is 4.00. The molecule has 1 heterocycles. The van der Waals surface area contributed by atoms with Gasteiger partial charge in [-0.15, -0.1) is 0 Å². The first-order chi connectivity index (χ1) is 10.7. The Morgan fingerprint density at radius 2 is 1.68 bits per heavy atom. The second-order valence-corrected chi connectivity index (χ2v) is 5.38. The molecule has 2 N–H and O–H groups in total. The van der Waals surface area contributed by atoms with Gasteiger partial charge in [-0.05, 0) is 12.1 Å². The Labute approximate surface area is 131 Å². The van der Waals surface area contributed by atoms with Crippen molar-refractivity contribution in [3.05, 3.63) is 17.7 Å². The first-order valence-electron chi connectivity index (χ1n) is 7.61. The van der Waals surface area contributed by atoms with Gasteiger partial charge < -0.3 is 24.4 Å². The highest BCUT2D eigenvalue weighted by Gasteiger charge is 2.18. The van der Waals surface area contributed by atoms with Crippen LogP contribution >= 0.6 is 0 Å². The Kier molecular flexibility index (Phi) is 5.89. The van der Waals surface area contributed by atoms with Gasteiger partial charge in [0.1, 0.15) is 0 Å². The predicted octanol–water partition coefficient (Wildman–Crippen LogP) is 0.121. The van der Waals surface area contributed by atoms with Crippen LogP contribution < -0.4 is 24.4 Å². The molecule has 0 atom stereocenters. The van der Waals surface area contributed by atoms with Gasteiger partial charge in [-0.2, -0.15) is 0 Å². The molecule has 6 nitrogen and oxygen atoms in total. The number of nitrogens with one attached hydrogen (secondary N) is 2. The number of hydrogen-bond acceptors (Lipinski definition) is 4. The fraction of sp³-hybridized carbons (Fsp3) is 0.562. The SMILES string of the molecule is COc1cc(C(=O)NCC[NH+]2CCCC2)cc(OC)c1OC. The first kappa shape index (κ1) is 16.4. The Morgan fingerprint density at radius 1 is 1.09 bits per heavy atom. The lowest BCUT2D eigenvalue weighted by Gasteiger charge is -2.15. The van der Waals surface area contributed by atoms with Crippen molar-refractivity contribution in [1.29, 1.82) is 0 Å². The Morgan fingerprint density at radius 3 is 2.18 bits per heavy atom. The summed E-state index contributed by atoms with van der Waals surface area (Å²) in [5, 5.41) is 2.95. The predicted molar refractivity (Wildman–Crippen MR) is 83.2 cm³/mol. The van der Waals surface area contributed by atoms with Crippen LogP contribution in [0.3, 0.4) is 0 Å². The monoisotopic (exact) mass is 309 g/mol. The summed E-state index contributed by atoms with van der Waals surface area (Å²) in [5.74, 6) is 1.33. The van der Waals surface area contributed by atoms with Crippen molar-refractivity contribution in [3.8, 4) is 17.2 Å². The highest BCUT2D eigenvalue weighted by atomic mass is 16.5. The maximum Gasteiger partial charge on any atom is 0.251 e. The minimum atomic E-state index is -0.127. The summed E-state index contributed by atoms with van der Waals surface area (Å²) in [4.78, 5) is 13.8. The minimum absolute atomic E-state index is 0.127. The van der Waals surface area contributed by atoms with E-state index in [1.807, 2.05) is 0 Å². The van der Waals surface area contributed by atoms with Gasteiger partial charge >= 0.3 is 0 Å². The van der Waals surface area contributed by atoms with E-state index < -0.39 is 0 Å². The molecule has 1 amide bonds. The number of carbonyl (C=O) groups is 1. The molecule has 0 radical (unpaired) electrons. The Hall–Kier alpha value is -1.95. The molecule has 0 aromatic heterocycles. The molecule has 6 heteroatoms. The molecule has 0 unspecified atom stereocenters. The highest BCUT2D eigenvalue weighted by Crippen LogP contribution is 2.38. The van der Waals surface area contributed by atoms with Gasteiger partial charge in [0.2, 0.25) is 5.75 Å². The summed E-state index contributed by atoms with van der Waals surface area (Å²) in [6.07, 6.45) is 2.58. The van der Waals surface area contributed by atoms with Gasteiger partial charge in [-0.25, -0.2) is 0 Å². The lowest BCUT2D eigenvalue weighted by Crippen LogP contribution is -3.10. The van der Waals surface area contributed by atoms with E-state index in [-0.39, 0.29) is 5.91 Å². The van der Waals surface area contributed by atoms with Gasteiger partial charge in [-0.3, -0.25) is 4.79 Å². The van der Waals surface area contributed by atoms with Crippen molar-refractivity contribution in [1.82, 2.24) is 5.32 Å². The topological polar surface area (TPSA) is 61.2 Å². The van der Waals surface area contributed by atoms with Gasteiger partial charge in [0, 0.05) is 18.4 Å². The standard InChI is InChI=1S/C16H24N2O4/c1-20-13-10-12(11-14(21-2)15(13)22-3)16(19)17-6-9-18-7-4-5-8-18/h10-11H,4-9H2,1-3H3,(H,17,19)/p+1. The molecule has 0 aliphatic carbocycles. The molecule has 1 aromatic carbocycles. The summed E-state index contributed by atoms with van der Waals surface area (Å²) in [6.45, 7) is 4.06. The van der Waals surface area contributed by atoms with Gasteiger partial charge in [0.15, 0.2) is 11.5 Å². The van der Waals surface area contributed by atoms with Gasteiger partial charge in [0.25, 0.3) is 5.91 Å². The van der Waals surface area contributed by atoms with Crippen molar-refractivity contribution in [3.63, 3.8) is 0 Å². The molecular formula is C16H25N2O4+. The van der Waals surface area contributed by atoms with E-state index >= 15 is 0 Å². The van der Waals surface area contributed by atoms with Crippen molar-refractivity contribution < 1.29 is 23.9 Å². The van der Waals surface area contributed by atoms with E-state index in [2.05, 4.69) is 5.32 Å². The lowest BCUT2D eigenvalue weighted by atomic mass is 10.1. The second-order valence-electron chi connectivity index (χ2n) is 5.38. The number of likely N-dealkylation sites (tertiary alicyclic amines) is 1. The number of benzene rings is 1. The van der Waals surface area contributed by atoms with Crippen LogP contribution in [0.2, 0.25) is 0 Å². The Bertz CT molecular complexity index is 488. The number of hydrogen-bond donors (Lipinski definition) is 2. The van der Waals surface area contributed by atoms with Crippen molar-refractivity contribution in [2.45, 2.75) is 12.8 Å². The maximum atomic E-state index is 12.3. The number of ether oxygens (including phenoxy) is 3. The molecule has 1 fully saturated rings. The Balaban J connectivity index is 2.01. The van der Waals surface area contributed by atoms with Crippen LogP contribution in [0.1, 0.15) is 23.2 Å². The van der Waals surface area contributed by atoms with Crippen LogP contribution in [0.5, 0.6) is 17.2 Å². The zero-order chi connectivity index (χ0) is 15.9. The van der Waals surface area contributed by atoms with Crippen LogP contribution in [-0.2, 0) is 0 Å². The van der Waals surface area contributed by atoms with E-state index in [0.29, 0.717) is 29.4 Å². The van der Waals surface area contributed by atoms with Crippen LogP contribution in [0, 0.1) is 0 Å². The first-order valence-corrected chi connectivity index (χ1v) is 7.61. The third kappa shape index (κ3) is 3.82. The molecule has 0 bridgehead atoms. The van der Waals surface area contributed by atoms with Crippen LogP contribution in [-0.4, -0.2) is 53.4 Å². The lowest BCUT2D eigenvalue weighted by molar-refractivity contribution is -0.886. The molecule has 0 saturated carbocycles. The minimum Gasteiger partial charge on any atom is -0.493 e. The molecule has 1 saturated heterocycles. The zero-order valence-electron chi connectivity index (χ0n) is 13.5. The van der Waals surface area contributed by atoms with Gasteiger partial charge in [-0.1, -0.05) is 0 Å². The molecule has 1 aromatic rings. The van der Waals surface area contributed by atoms with Gasteiger partial charge in [0.05, 0.1) is 47.5 Å². The van der Waals surface area contributed by atoms with E-state index in [1.165, 1.54) is 40.2 Å². The molecule has 22 heavy (non-hydrogen) atoms. The quantitative estimate of drug-likeness (QED) is 0.751. The number of rotatable bonds is 7. The zero-order valence-corrected chi connectivity index (χ0v) is 13.5. The molecule has 1 aliphatic rings. The van der Waals surface area contributed by atoms with E-state index in [1.54, 1.807) is 24.1 Å². The second kappa shape index (κ2) is 7.89. The van der Waals surface area contributed by atoms with Crippen LogP contribution in [0.15, 0.2) is 12.1 Å². The van der Waals surface area contributed by atoms with Crippen molar-refractivity contribution >= 4 is 5.91 Å². The number of amides is 1. The number of methoxy groups -OCH3 is 3. The smallest absolute Gasteiger partial charge is 0.251 e. The van der Waals surface area contributed by atoms with Crippen molar-refractivity contribution in [2.75, 3.05) is 47.5 Å². The van der Waals surface area contributed by atoms with E-state index in [9.17, 15) is 4.79 Å². The summed E-state index contributed by atoms with van der Waals surface area (Å²) >= 11 is 0. The van der Waals surface area contributed by atoms with Crippen LogP contribution in [0.25, 0.3) is 0 Å². The fourth-order valence-corrected chi connectivity index (χ4v) is 2.79. The van der Waals surface area contributed by atoms with Crippen LogP contribution in [0.4, 0.5) is 0 Å². The maximum absolute atomic E-state index is 12.3. The summed E-state index contributed by atoms with van der Waals surface area (Å²) < 4.78 is 15.8. The number of quaternary nitrogens is 1. The number of carbonyl (C=O) groups excluding carboxylic acids is 1. The summed E-state index contributed by atoms with van der Waals surface area (Å²) in [7, 11) is 4.62.